The highest BCUT2D eigenvalue weighted by molar-refractivity contribution is 7.18. The van der Waals surface area contributed by atoms with E-state index in [-0.39, 0.29) is 0 Å². The fourth-order valence-corrected chi connectivity index (χ4v) is 3.05. The predicted octanol–water partition coefficient (Wildman–Crippen LogP) is 3.75. The van der Waals surface area contributed by atoms with E-state index < -0.39 is 0 Å². The van der Waals surface area contributed by atoms with E-state index >= 15 is 0 Å². The molecule has 2 aromatic rings. The zero-order chi connectivity index (χ0) is 12.4. The quantitative estimate of drug-likeness (QED) is 0.792. The third kappa shape index (κ3) is 2.38. The SMILES string of the molecule is CCc1cc2c(N(CC)CC)nc(Cl)nc2s1. The monoisotopic (exact) mass is 269 g/mol. The Morgan fingerprint density at radius 1 is 1.24 bits per heavy atom. The number of halogens is 1. The van der Waals surface area contributed by atoms with Crippen LogP contribution in [-0.2, 0) is 6.42 Å². The number of hydrogen-bond acceptors (Lipinski definition) is 4. The molecule has 0 aliphatic heterocycles. The number of nitrogens with zero attached hydrogens (tertiary/aromatic N) is 3. The van der Waals surface area contributed by atoms with Crippen molar-refractivity contribution in [3.05, 3.63) is 16.2 Å². The zero-order valence-corrected chi connectivity index (χ0v) is 11.9. The van der Waals surface area contributed by atoms with Crippen molar-refractivity contribution in [1.29, 1.82) is 0 Å². The lowest BCUT2D eigenvalue weighted by Gasteiger charge is -2.20. The highest BCUT2D eigenvalue weighted by Gasteiger charge is 2.14. The van der Waals surface area contributed by atoms with Crippen molar-refractivity contribution in [2.75, 3.05) is 18.0 Å². The molecule has 0 radical (unpaired) electrons. The molecule has 0 saturated heterocycles. The van der Waals surface area contributed by atoms with Gasteiger partial charge in [0.2, 0.25) is 5.28 Å². The number of rotatable bonds is 4. The Labute approximate surface area is 110 Å². The standard InChI is InChI=1S/C12H16ClN3S/c1-4-8-7-9-10(16(5-2)6-3)14-12(13)15-11(9)17-8/h7H,4-6H2,1-3H3. The van der Waals surface area contributed by atoms with Gasteiger partial charge in [-0.15, -0.1) is 11.3 Å². The van der Waals surface area contributed by atoms with Crippen molar-refractivity contribution < 1.29 is 0 Å². The first-order chi connectivity index (χ1) is 8.19. The minimum atomic E-state index is 0.337. The molecule has 5 heteroatoms. The van der Waals surface area contributed by atoms with Crippen LogP contribution in [0.4, 0.5) is 5.82 Å². The lowest BCUT2D eigenvalue weighted by Crippen LogP contribution is -2.23. The van der Waals surface area contributed by atoms with Crippen LogP contribution in [0, 0.1) is 0 Å². The molecule has 2 rings (SSSR count). The maximum Gasteiger partial charge on any atom is 0.225 e. The molecule has 0 amide bonds. The van der Waals surface area contributed by atoms with Crippen molar-refractivity contribution in [3.63, 3.8) is 0 Å². The van der Waals surface area contributed by atoms with Crippen LogP contribution in [0.3, 0.4) is 0 Å². The van der Waals surface area contributed by atoms with Crippen LogP contribution in [0.1, 0.15) is 25.6 Å². The Morgan fingerprint density at radius 3 is 2.53 bits per heavy atom. The molecule has 0 N–H and O–H groups in total. The second kappa shape index (κ2) is 5.19. The first-order valence-corrected chi connectivity index (χ1v) is 7.09. The van der Waals surface area contributed by atoms with Crippen molar-refractivity contribution in [2.45, 2.75) is 27.2 Å². The van der Waals surface area contributed by atoms with Gasteiger partial charge < -0.3 is 4.90 Å². The van der Waals surface area contributed by atoms with E-state index in [9.17, 15) is 0 Å². The van der Waals surface area contributed by atoms with Gasteiger partial charge >= 0.3 is 0 Å². The fourth-order valence-electron chi connectivity index (χ4n) is 1.87. The van der Waals surface area contributed by atoms with E-state index in [2.05, 4.69) is 41.7 Å². The van der Waals surface area contributed by atoms with Crippen LogP contribution in [-0.4, -0.2) is 23.1 Å². The van der Waals surface area contributed by atoms with Crippen LogP contribution in [0.2, 0.25) is 5.28 Å². The van der Waals surface area contributed by atoms with E-state index in [1.807, 2.05) is 0 Å². The molecule has 3 nitrogen and oxygen atoms in total. The molecule has 92 valence electrons. The summed E-state index contributed by atoms with van der Waals surface area (Å²) in [5, 5.41) is 1.46. The Bertz CT molecular complexity index is 520. The van der Waals surface area contributed by atoms with E-state index in [4.69, 9.17) is 11.6 Å². The normalized spacial score (nSPS) is 11.1. The summed E-state index contributed by atoms with van der Waals surface area (Å²) in [5.41, 5.74) is 0. The third-order valence-electron chi connectivity index (χ3n) is 2.81. The van der Waals surface area contributed by atoms with E-state index in [1.54, 1.807) is 11.3 Å². The Balaban J connectivity index is 2.63. The van der Waals surface area contributed by atoms with Gasteiger partial charge in [-0.1, -0.05) is 6.92 Å². The molecular formula is C12H16ClN3S. The van der Waals surface area contributed by atoms with Crippen LogP contribution in [0.15, 0.2) is 6.07 Å². The smallest absolute Gasteiger partial charge is 0.225 e. The Morgan fingerprint density at radius 2 is 1.94 bits per heavy atom. The van der Waals surface area contributed by atoms with E-state index in [0.717, 1.165) is 35.5 Å². The van der Waals surface area contributed by atoms with Gasteiger partial charge in [0.25, 0.3) is 0 Å². The maximum atomic E-state index is 5.99. The van der Waals surface area contributed by atoms with Gasteiger partial charge in [0.15, 0.2) is 0 Å². The lowest BCUT2D eigenvalue weighted by molar-refractivity contribution is 0.849. The molecule has 17 heavy (non-hydrogen) atoms. The molecule has 2 heterocycles. The van der Waals surface area contributed by atoms with Gasteiger partial charge in [-0.05, 0) is 37.9 Å². The second-order valence-electron chi connectivity index (χ2n) is 3.77. The average Bonchev–Trinajstić information content (AvgIpc) is 2.73. The van der Waals surface area contributed by atoms with Gasteiger partial charge in [-0.2, -0.15) is 4.98 Å². The highest BCUT2D eigenvalue weighted by atomic mass is 35.5. The topological polar surface area (TPSA) is 29.0 Å². The molecule has 0 spiro atoms. The highest BCUT2D eigenvalue weighted by Crippen LogP contribution is 2.32. The predicted molar refractivity (Wildman–Crippen MR) is 75.4 cm³/mol. The Kier molecular flexibility index (Phi) is 3.84. The van der Waals surface area contributed by atoms with E-state index in [1.165, 1.54) is 4.88 Å². The minimum Gasteiger partial charge on any atom is -0.356 e. The third-order valence-corrected chi connectivity index (χ3v) is 4.15. The number of anilines is 1. The molecule has 0 unspecified atom stereocenters. The van der Waals surface area contributed by atoms with Crippen LogP contribution < -0.4 is 4.90 Å². The van der Waals surface area contributed by atoms with Crippen molar-refractivity contribution >= 4 is 39.0 Å². The van der Waals surface area contributed by atoms with Crippen LogP contribution in [0.5, 0.6) is 0 Å². The number of hydrogen-bond donors (Lipinski definition) is 0. The summed E-state index contributed by atoms with van der Waals surface area (Å²) in [4.78, 5) is 13.2. The molecule has 0 aromatic carbocycles. The maximum absolute atomic E-state index is 5.99. The Hall–Kier alpha value is -0.870. The number of thiophene rings is 1. The summed E-state index contributed by atoms with van der Waals surface area (Å²) in [6.45, 7) is 8.25. The minimum absolute atomic E-state index is 0.337. The molecule has 0 aliphatic carbocycles. The van der Waals surface area contributed by atoms with Crippen molar-refractivity contribution in [1.82, 2.24) is 9.97 Å². The molecule has 0 fully saturated rings. The van der Waals surface area contributed by atoms with Crippen molar-refractivity contribution in [2.24, 2.45) is 0 Å². The van der Waals surface area contributed by atoms with E-state index in [0.29, 0.717) is 5.28 Å². The molecule has 2 aromatic heterocycles. The number of fused-ring (bicyclic) bond motifs is 1. The summed E-state index contributed by atoms with van der Waals surface area (Å²) < 4.78 is 0. The lowest BCUT2D eigenvalue weighted by atomic mass is 10.3. The molecule has 0 atom stereocenters. The van der Waals surface area contributed by atoms with Gasteiger partial charge in [0.05, 0.1) is 5.39 Å². The van der Waals surface area contributed by atoms with Gasteiger partial charge in [0.1, 0.15) is 10.6 Å². The van der Waals surface area contributed by atoms with Crippen molar-refractivity contribution in [3.8, 4) is 0 Å². The second-order valence-corrected chi connectivity index (χ2v) is 5.23. The summed E-state index contributed by atoms with van der Waals surface area (Å²) in [5.74, 6) is 0.959. The van der Waals surface area contributed by atoms with Gasteiger partial charge in [-0.25, -0.2) is 4.98 Å². The van der Waals surface area contributed by atoms with Crippen LogP contribution in [0.25, 0.3) is 10.2 Å². The molecule has 0 aliphatic rings. The molecule has 0 saturated carbocycles. The molecular weight excluding hydrogens is 254 g/mol. The zero-order valence-electron chi connectivity index (χ0n) is 10.3. The summed E-state index contributed by atoms with van der Waals surface area (Å²) in [7, 11) is 0. The average molecular weight is 270 g/mol. The molecule has 0 bridgehead atoms. The van der Waals surface area contributed by atoms with Gasteiger partial charge in [-0.3, -0.25) is 0 Å². The number of aromatic nitrogens is 2. The number of aryl methyl sites for hydroxylation is 1. The first-order valence-electron chi connectivity index (χ1n) is 5.90. The summed E-state index contributed by atoms with van der Waals surface area (Å²) in [6.07, 6.45) is 1.02. The van der Waals surface area contributed by atoms with Gasteiger partial charge in [0, 0.05) is 18.0 Å². The first kappa shape index (κ1) is 12.6. The summed E-state index contributed by atoms with van der Waals surface area (Å²) in [6, 6.07) is 2.18. The summed E-state index contributed by atoms with van der Waals surface area (Å²) >= 11 is 7.69. The fraction of sp³-hybridized carbons (Fsp3) is 0.500. The van der Waals surface area contributed by atoms with Crippen LogP contribution >= 0.6 is 22.9 Å². The largest absolute Gasteiger partial charge is 0.356 e.